The first kappa shape index (κ1) is 58.9. The molecule has 0 radical (unpaired) electrons. The fourth-order valence-corrected chi connectivity index (χ4v) is 12.9. The Bertz CT molecular complexity index is 3790. The van der Waals surface area contributed by atoms with Crippen molar-refractivity contribution in [1.82, 2.24) is 0 Å². The van der Waals surface area contributed by atoms with Crippen molar-refractivity contribution in [3.63, 3.8) is 0 Å². The summed E-state index contributed by atoms with van der Waals surface area (Å²) in [6.07, 6.45) is 3.24. The molecule has 0 spiro atoms. The van der Waals surface area contributed by atoms with Gasteiger partial charge in [-0.3, -0.25) is 0 Å². The normalized spacial score (nSPS) is 12.4. The van der Waals surface area contributed by atoms with E-state index in [2.05, 4.69) is 182 Å². The highest BCUT2D eigenvalue weighted by atomic mass is 31.2. The molecule has 428 valence electrons. The van der Waals surface area contributed by atoms with Gasteiger partial charge in [-0.1, -0.05) is 221 Å². The molecule has 0 fully saturated rings. The van der Waals surface area contributed by atoms with Crippen LogP contribution < -0.4 is 31.9 Å². The minimum atomic E-state index is -2.29. The van der Waals surface area contributed by atoms with Crippen LogP contribution in [0.15, 0.2) is 182 Å². The molecule has 10 aromatic carbocycles. The molecule has 0 heterocycles. The highest BCUT2D eigenvalue weighted by molar-refractivity contribution is 7.43. The summed E-state index contributed by atoms with van der Waals surface area (Å²) in [4.78, 5) is 0. The molecule has 0 unspecified atom stereocenters. The Hall–Kier alpha value is -7.30. The maximum atomic E-state index is 7.89. The van der Waals surface area contributed by atoms with Gasteiger partial charge in [0.05, 0.1) is 0 Å². The molecular weight excluding hydrogens is 1060 g/mol. The van der Waals surface area contributed by atoms with Crippen molar-refractivity contribution >= 4 is 60.3 Å². The molecule has 0 amide bonds. The van der Waals surface area contributed by atoms with Gasteiger partial charge in [-0.2, -0.15) is 0 Å². The minimum Gasteiger partial charge on any atom is -0.488 e. The van der Waals surface area contributed by atoms with Crippen molar-refractivity contribution in [3.8, 4) is 51.4 Å². The first-order valence-electron chi connectivity index (χ1n) is 29.4. The van der Waals surface area contributed by atoms with Gasteiger partial charge in [0.1, 0.15) is 45.8 Å². The van der Waals surface area contributed by atoms with Crippen LogP contribution in [0.4, 0.5) is 0 Å². The molecule has 0 aromatic heterocycles. The van der Waals surface area contributed by atoms with Crippen LogP contribution in [0, 0.1) is 13.8 Å². The zero-order valence-electron chi connectivity index (χ0n) is 50.9. The third kappa shape index (κ3) is 12.2. The van der Waals surface area contributed by atoms with E-state index in [4.69, 9.17) is 31.9 Å². The van der Waals surface area contributed by atoms with Crippen molar-refractivity contribution in [2.75, 3.05) is 0 Å². The number of rotatable bonds is 22. The second-order valence-corrected chi connectivity index (χ2v) is 26.4. The lowest BCUT2D eigenvalue weighted by Crippen LogP contribution is -2.28. The van der Waals surface area contributed by atoms with E-state index < -0.39 is 33.6 Å². The number of ether oxygens (including phenoxy) is 1. The lowest BCUT2D eigenvalue weighted by atomic mass is 9.71. The summed E-state index contributed by atoms with van der Waals surface area (Å²) < 4.78 is 52.2. The smallest absolute Gasteiger partial charge is 0.488 e. The fraction of sp³-hybridized carbons (Fsp3) is 0.297. The molecule has 10 rings (SSSR count). The Morgan fingerprint density at radius 3 is 0.952 bits per heavy atom. The van der Waals surface area contributed by atoms with Gasteiger partial charge in [-0.15, -0.1) is 0 Å². The van der Waals surface area contributed by atoms with Crippen molar-refractivity contribution < 1.29 is 31.9 Å². The van der Waals surface area contributed by atoms with E-state index in [-0.39, 0.29) is 5.41 Å². The standard InChI is InChI=1S/C74H80O7P2/c1-15-71(7,8)59-47-60(72(9,10)16-2)69(80-82(76-62-43-27-35-51-31-19-23-39-55(51)62)77-63-44-28-36-52-32-20-24-40-56(52)63)67(49(59)5)68-50(6)66(75-74(13,14)18-4)48-61(73(11,12)17-3)70(68)81-83(78-64-45-29-37-53-33-21-25-41-57(53)64)79-65-46-30-38-54-34-22-26-42-58(54)65/h19-48H,15-18H2,1-14H3. The molecule has 10 aromatic rings. The highest BCUT2D eigenvalue weighted by Crippen LogP contribution is 2.60. The van der Waals surface area contributed by atoms with Crippen molar-refractivity contribution in [1.29, 1.82) is 0 Å². The Labute approximate surface area is 495 Å². The first-order valence-corrected chi connectivity index (χ1v) is 31.6. The van der Waals surface area contributed by atoms with Gasteiger partial charge in [0.15, 0.2) is 0 Å². The van der Waals surface area contributed by atoms with Crippen LogP contribution in [0.25, 0.3) is 54.2 Å². The Kier molecular flexibility index (Phi) is 17.1. The second kappa shape index (κ2) is 24.1. The summed E-state index contributed by atoms with van der Waals surface area (Å²) in [6.45, 7) is 31.5. The average Bonchev–Trinajstić information content (AvgIpc) is 3.58. The van der Waals surface area contributed by atoms with E-state index in [1.807, 2.05) is 97.1 Å². The molecule has 7 nitrogen and oxygen atoms in total. The molecule has 0 saturated heterocycles. The second-order valence-electron chi connectivity index (χ2n) is 24.4. The zero-order chi connectivity index (χ0) is 58.8. The van der Waals surface area contributed by atoms with Gasteiger partial charge in [-0.05, 0) is 133 Å². The van der Waals surface area contributed by atoms with Crippen LogP contribution in [0.5, 0.6) is 40.2 Å². The Balaban J connectivity index is 1.31. The van der Waals surface area contributed by atoms with Gasteiger partial charge in [0.2, 0.25) is 0 Å². The largest absolute Gasteiger partial charge is 0.530 e. The molecule has 83 heavy (non-hydrogen) atoms. The monoisotopic (exact) mass is 1140 g/mol. The van der Waals surface area contributed by atoms with E-state index >= 15 is 0 Å². The zero-order valence-corrected chi connectivity index (χ0v) is 52.7. The SMILES string of the molecule is CCC(C)(C)Oc1cc(C(C)(C)CC)c(OP(Oc2cccc3ccccc23)Oc2cccc3ccccc23)c(-c2c(C)c(C(C)(C)CC)cc(C(C)(C)CC)c2OP(Oc2cccc3ccccc23)Oc2cccc3ccccc23)c1C. The lowest BCUT2D eigenvalue weighted by Gasteiger charge is -2.37. The van der Waals surface area contributed by atoms with Gasteiger partial charge < -0.3 is 31.9 Å². The summed E-state index contributed by atoms with van der Waals surface area (Å²) in [6, 6.07) is 62.2. The van der Waals surface area contributed by atoms with E-state index in [0.29, 0.717) is 34.5 Å². The molecule has 0 aliphatic rings. The molecule has 0 bridgehead atoms. The average molecular weight is 1140 g/mol. The van der Waals surface area contributed by atoms with E-state index in [1.54, 1.807) is 0 Å². The third-order valence-corrected chi connectivity index (χ3v) is 19.4. The number of fused-ring (bicyclic) bond motifs is 4. The summed E-state index contributed by atoms with van der Waals surface area (Å²) >= 11 is 0. The molecule has 0 aliphatic heterocycles. The van der Waals surface area contributed by atoms with Crippen molar-refractivity contribution in [2.24, 2.45) is 0 Å². The van der Waals surface area contributed by atoms with Crippen LogP contribution >= 0.6 is 17.2 Å². The van der Waals surface area contributed by atoms with Gasteiger partial charge in [-0.25, -0.2) is 0 Å². The van der Waals surface area contributed by atoms with Crippen molar-refractivity contribution in [2.45, 2.75) is 144 Å². The first-order chi connectivity index (χ1) is 39.8. The van der Waals surface area contributed by atoms with Crippen LogP contribution in [-0.2, 0) is 16.2 Å². The van der Waals surface area contributed by atoms with Crippen molar-refractivity contribution in [3.05, 3.63) is 210 Å². The summed E-state index contributed by atoms with van der Waals surface area (Å²) in [7, 11) is -4.58. The van der Waals surface area contributed by atoms with E-state index in [9.17, 15) is 0 Å². The fourth-order valence-electron chi connectivity index (χ4n) is 10.7. The number of hydrogen-bond acceptors (Lipinski definition) is 7. The maximum Gasteiger partial charge on any atom is 0.530 e. The molecule has 9 heteroatoms. The topological polar surface area (TPSA) is 64.6 Å². The predicted molar refractivity (Wildman–Crippen MR) is 350 cm³/mol. The molecule has 0 aliphatic carbocycles. The quantitative estimate of drug-likeness (QED) is 0.0627. The molecule has 0 atom stereocenters. The molecule has 0 N–H and O–H groups in total. The van der Waals surface area contributed by atoms with Crippen LogP contribution in [0.3, 0.4) is 0 Å². The Morgan fingerprint density at radius 2 is 0.614 bits per heavy atom. The van der Waals surface area contributed by atoms with Gasteiger partial charge >= 0.3 is 17.2 Å². The molecule has 0 saturated carbocycles. The Morgan fingerprint density at radius 1 is 0.313 bits per heavy atom. The predicted octanol–water partition coefficient (Wildman–Crippen LogP) is 22.7. The summed E-state index contributed by atoms with van der Waals surface area (Å²) in [5.74, 6) is 4.62. The van der Waals surface area contributed by atoms with Gasteiger partial charge in [0, 0.05) is 49.4 Å². The number of benzene rings is 10. The van der Waals surface area contributed by atoms with E-state index in [1.165, 1.54) is 5.56 Å². The van der Waals surface area contributed by atoms with Gasteiger partial charge in [0.25, 0.3) is 0 Å². The van der Waals surface area contributed by atoms with Crippen LogP contribution in [0.2, 0.25) is 0 Å². The minimum absolute atomic E-state index is 0.278. The van der Waals surface area contributed by atoms with E-state index in [0.717, 1.165) is 108 Å². The van der Waals surface area contributed by atoms with Crippen LogP contribution in [0.1, 0.15) is 137 Å². The maximum absolute atomic E-state index is 7.89. The summed E-state index contributed by atoms with van der Waals surface area (Å²) in [5.41, 5.74) is 5.07. The lowest BCUT2D eigenvalue weighted by molar-refractivity contribution is 0.104. The third-order valence-electron chi connectivity index (χ3n) is 17.4. The highest BCUT2D eigenvalue weighted by Gasteiger charge is 2.40. The summed E-state index contributed by atoms with van der Waals surface area (Å²) in [5, 5.41) is 7.97. The van der Waals surface area contributed by atoms with Crippen LogP contribution in [-0.4, -0.2) is 5.60 Å². The molecular formula is C74H80O7P2. The number of hydrogen-bond donors (Lipinski definition) is 0.